The smallest absolute Gasteiger partial charge is 0.103 e. The molecule has 0 saturated heterocycles. The Bertz CT molecular complexity index is 505. The maximum atomic E-state index is 6.20. The lowest BCUT2D eigenvalue weighted by Crippen LogP contribution is -2.23. The van der Waals surface area contributed by atoms with Gasteiger partial charge in [-0.2, -0.15) is 0 Å². The molecule has 0 aliphatic carbocycles. The highest BCUT2D eigenvalue weighted by atomic mass is 16.3. The Morgan fingerprint density at radius 2 is 1.80 bits per heavy atom. The van der Waals surface area contributed by atoms with Crippen molar-refractivity contribution in [3.05, 3.63) is 59.5 Å². The molecule has 0 spiro atoms. The quantitative estimate of drug-likeness (QED) is 0.890. The molecule has 20 heavy (non-hydrogen) atoms. The van der Waals surface area contributed by atoms with E-state index in [4.69, 9.17) is 10.2 Å². The number of nitrogens with two attached hydrogens (primary N) is 1. The van der Waals surface area contributed by atoms with Crippen molar-refractivity contribution in [3.63, 3.8) is 0 Å². The van der Waals surface area contributed by atoms with Crippen LogP contribution < -0.4 is 5.73 Å². The van der Waals surface area contributed by atoms with E-state index in [-0.39, 0.29) is 11.5 Å². The molecule has 1 atom stereocenters. The predicted molar refractivity (Wildman–Crippen MR) is 83.9 cm³/mol. The molecule has 0 aliphatic heterocycles. The Morgan fingerprint density at radius 3 is 2.35 bits per heavy atom. The summed E-state index contributed by atoms with van der Waals surface area (Å²) in [5, 5.41) is 0. The van der Waals surface area contributed by atoms with Gasteiger partial charge in [0.15, 0.2) is 0 Å². The summed E-state index contributed by atoms with van der Waals surface area (Å²) in [6.45, 7) is 6.70. The van der Waals surface area contributed by atoms with E-state index in [9.17, 15) is 0 Å². The normalized spacial score (nSPS) is 13.4. The molecule has 2 heteroatoms. The van der Waals surface area contributed by atoms with Crippen LogP contribution in [0.1, 0.15) is 44.1 Å². The van der Waals surface area contributed by atoms with Crippen LogP contribution in [0, 0.1) is 0 Å². The van der Waals surface area contributed by atoms with Crippen molar-refractivity contribution in [1.82, 2.24) is 0 Å². The summed E-state index contributed by atoms with van der Waals surface area (Å²) in [4.78, 5) is 0. The Kier molecular flexibility index (Phi) is 4.66. The summed E-state index contributed by atoms with van der Waals surface area (Å²) >= 11 is 0. The van der Waals surface area contributed by atoms with Crippen LogP contribution in [0.5, 0.6) is 0 Å². The molecule has 2 rings (SSSR count). The lowest BCUT2D eigenvalue weighted by Gasteiger charge is -2.19. The second-order valence-corrected chi connectivity index (χ2v) is 6.53. The topological polar surface area (TPSA) is 39.2 Å². The van der Waals surface area contributed by atoms with E-state index in [0.29, 0.717) is 0 Å². The van der Waals surface area contributed by atoms with Gasteiger partial charge in [-0.25, -0.2) is 0 Å². The maximum Gasteiger partial charge on any atom is 0.103 e. The fraction of sp³-hybridized carbons (Fsp3) is 0.444. The van der Waals surface area contributed by atoms with Crippen LogP contribution in [-0.4, -0.2) is 6.04 Å². The number of benzene rings is 1. The van der Waals surface area contributed by atoms with Crippen LogP contribution in [0.4, 0.5) is 0 Å². The molecule has 108 valence electrons. The first-order valence-corrected chi connectivity index (χ1v) is 7.32. The fourth-order valence-corrected chi connectivity index (χ4v) is 2.33. The van der Waals surface area contributed by atoms with Crippen molar-refractivity contribution >= 4 is 0 Å². The van der Waals surface area contributed by atoms with Gasteiger partial charge in [0.05, 0.1) is 6.26 Å². The fourth-order valence-electron chi connectivity index (χ4n) is 2.33. The average Bonchev–Trinajstić information content (AvgIpc) is 2.89. The Balaban J connectivity index is 1.86. The molecule has 1 aromatic heterocycles. The number of rotatable bonds is 5. The van der Waals surface area contributed by atoms with Crippen LogP contribution in [0.3, 0.4) is 0 Å². The molecule has 1 unspecified atom stereocenters. The molecule has 2 aromatic rings. The lowest BCUT2D eigenvalue weighted by molar-refractivity contribution is 0.484. The van der Waals surface area contributed by atoms with E-state index in [1.807, 2.05) is 12.1 Å². The Hall–Kier alpha value is -1.54. The van der Waals surface area contributed by atoms with E-state index in [1.54, 1.807) is 6.26 Å². The Labute approximate surface area is 122 Å². The van der Waals surface area contributed by atoms with Crippen molar-refractivity contribution in [2.75, 3.05) is 0 Å². The molecular formula is C18H25NO. The molecule has 2 N–H and O–H groups in total. The van der Waals surface area contributed by atoms with E-state index < -0.39 is 0 Å². The number of hydrogen-bond acceptors (Lipinski definition) is 2. The third-order valence-corrected chi connectivity index (χ3v) is 3.66. The van der Waals surface area contributed by atoms with Crippen LogP contribution in [0.25, 0.3) is 0 Å². The van der Waals surface area contributed by atoms with Gasteiger partial charge in [0, 0.05) is 12.5 Å². The number of aryl methyl sites for hydroxylation is 1. The summed E-state index contributed by atoms with van der Waals surface area (Å²) in [5.74, 6) is 1.02. The van der Waals surface area contributed by atoms with Gasteiger partial charge in [0.1, 0.15) is 5.76 Å². The number of furan rings is 1. The van der Waals surface area contributed by atoms with Crippen LogP contribution >= 0.6 is 0 Å². The first kappa shape index (κ1) is 14.9. The van der Waals surface area contributed by atoms with Crippen LogP contribution in [0.15, 0.2) is 47.1 Å². The largest absolute Gasteiger partial charge is 0.469 e. The molecule has 2 nitrogen and oxygen atoms in total. The summed E-state index contributed by atoms with van der Waals surface area (Å²) in [6, 6.07) is 12.9. The first-order chi connectivity index (χ1) is 9.45. The Morgan fingerprint density at radius 1 is 1.10 bits per heavy atom. The van der Waals surface area contributed by atoms with E-state index in [1.165, 1.54) is 11.1 Å². The number of hydrogen-bond donors (Lipinski definition) is 1. The SMILES string of the molecule is CC(C)(C)c1ccc(CC(N)CCc2ccco2)cc1. The lowest BCUT2D eigenvalue weighted by atomic mass is 9.86. The monoisotopic (exact) mass is 271 g/mol. The van der Waals surface area contributed by atoms with E-state index >= 15 is 0 Å². The molecule has 0 fully saturated rings. The summed E-state index contributed by atoms with van der Waals surface area (Å²) < 4.78 is 5.33. The van der Waals surface area contributed by atoms with Gasteiger partial charge in [-0.15, -0.1) is 0 Å². The molecule has 0 amide bonds. The summed E-state index contributed by atoms with van der Waals surface area (Å²) in [5.41, 5.74) is 9.09. The molecule has 1 aromatic carbocycles. The minimum absolute atomic E-state index is 0.181. The second kappa shape index (κ2) is 6.27. The van der Waals surface area contributed by atoms with Gasteiger partial charge < -0.3 is 10.2 Å². The van der Waals surface area contributed by atoms with Gasteiger partial charge in [-0.3, -0.25) is 0 Å². The zero-order valence-corrected chi connectivity index (χ0v) is 12.7. The van der Waals surface area contributed by atoms with Crippen molar-refractivity contribution in [2.24, 2.45) is 5.73 Å². The van der Waals surface area contributed by atoms with Crippen molar-refractivity contribution in [1.29, 1.82) is 0 Å². The van der Waals surface area contributed by atoms with Gasteiger partial charge in [-0.05, 0) is 41.5 Å². The zero-order valence-electron chi connectivity index (χ0n) is 12.7. The molecule has 0 saturated carbocycles. The van der Waals surface area contributed by atoms with Crippen LogP contribution in [-0.2, 0) is 18.3 Å². The van der Waals surface area contributed by atoms with E-state index in [0.717, 1.165) is 25.0 Å². The highest BCUT2D eigenvalue weighted by Gasteiger charge is 2.13. The average molecular weight is 271 g/mol. The summed E-state index contributed by atoms with van der Waals surface area (Å²) in [6.07, 6.45) is 4.50. The second-order valence-electron chi connectivity index (χ2n) is 6.53. The van der Waals surface area contributed by atoms with E-state index in [2.05, 4.69) is 45.0 Å². The molecule has 1 heterocycles. The molecular weight excluding hydrogens is 246 g/mol. The minimum atomic E-state index is 0.181. The van der Waals surface area contributed by atoms with Crippen LogP contribution in [0.2, 0.25) is 0 Å². The molecule has 0 radical (unpaired) electrons. The van der Waals surface area contributed by atoms with Gasteiger partial charge in [0.2, 0.25) is 0 Å². The first-order valence-electron chi connectivity index (χ1n) is 7.32. The highest BCUT2D eigenvalue weighted by molar-refractivity contribution is 5.28. The van der Waals surface area contributed by atoms with Gasteiger partial charge in [0.25, 0.3) is 0 Å². The van der Waals surface area contributed by atoms with Crippen molar-refractivity contribution in [3.8, 4) is 0 Å². The maximum absolute atomic E-state index is 6.20. The third kappa shape index (κ3) is 4.24. The predicted octanol–water partition coefficient (Wildman–Crippen LogP) is 4.08. The van der Waals surface area contributed by atoms with Crippen molar-refractivity contribution in [2.45, 2.75) is 51.5 Å². The molecule has 0 bridgehead atoms. The van der Waals surface area contributed by atoms with Gasteiger partial charge in [-0.1, -0.05) is 45.0 Å². The van der Waals surface area contributed by atoms with Crippen molar-refractivity contribution < 1.29 is 4.42 Å². The minimum Gasteiger partial charge on any atom is -0.469 e. The highest BCUT2D eigenvalue weighted by Crippen LogP contribution is 2.22. The summed E-state index contributed by atoms with van der Waals surface area (Å²) in [7, 11) is 0. The molecule has 0 aliphatic rings. The standard InChI is InChI=1S/C18H25NO/c1-18(2,3)15-8-6-14(7-9-15)13-16(19)10-11-17-5-4-12-20-17/h4-9,12,16H,10-11,13,19H2,1-3H3. The van der Waals surface area contributed by atoms with Gasteiger partial charge >= 0.3 is 0 Å². The third-order valence-electron chi connectivity index (χ3n) is 3.66. The zero-order chi connectivity index (χ0) is 14.6.